The quantitative estimate of drug-likeness (QED) is 0.322. The van der Waals surface area contributed by atoms with Crippen LogP contribution in [-0.4, -0.2) is 15.8 Å². The van der Waals surface area contributed by atoms with Gasteiger partial charge in [0.05, 0.1) is 5.88 Å². The first-order chi connectivity index (χ1) is 4.48. The molecule has 0 atom stereocenters. The largest absolute Gasteiger partial charge is 0.435 e. The molecule has 0 aliphatic carbocycles. The Balaban J connectivity index is 3.56. The highest BCUT2D eigenvalue weighted by Crippen LogP contribution is 2.24. The highest BCUT2D eigenvalue weighted by molar-refractivity contribution is 6.61. The number of carbonyl (C=O) groups excluding carboxylic acids is 1. The SMILES string of the molecule is O=C(Cl)OOC(Cl)(Cl)CCl. The molecule has 0 aromatic heterocycles. The van der Waals surface area contributed by atoms with Crippen molar-refractivity contribution in [3.05, 3.63) is 0 Å². The predicted molar refractivity (Wildman–Crippen MR) is 38.6 cm³/mol. The van der Waals surface area contributed by atoms with Crippen molar-refractivity contribution in [1.82, 2.24) is 0 Å². The molecule has 0 aromatic rings. The van der Waals surface area contributed by atoms with E-state index in [2.05, 4.69) is 9.78 Å². The molecule has 0 heterocycles. The molecule has 0 aromatic carbocycles. The third-order valence-corrected chi connectivity index (χ3v) is 1.49. The van der Waals surface area contributed by atoms with Crippen LogP contribution in [0.3, 0.4) is 0 Å². The van der Waals surface area contributed by atoms with E-state index in [9.17, 15) is 4.79 Å². The van der Waals surface area contributed by atoms with Crippen molar-refractivity contribution in [1.29, 1.82) is 0 Å². The maximum absolute atomic E-state index is 9.86. The van der Waals surface area contributed by atoms with Gasteiger partial charge in [-0.2, -0.15) is 0 Å². The average Bonchev–Trinajstić information content (AvgIpc) is 1.85. The van der Waals surface area contributed by atoms with Crippen molar-refractivity contribution in [2.24, 2.45) is 0 Å². The molecule has 3 nitrogen and oxygen atoms in total. The summed E-state index contributed by atoms with van der Waals surface area (Å²) in [7, 11) is 0. The fraction of sp³-hybridized carbons (Fsp3) is 0.667. The molecule has 0 saturated carbocycles. The minimum atomic E-state index is -1.74. The summed E-state index contributed by atoms with van der Waals surface area (Å²) < 4.78 is -1.74. The van der Waals surface area contributed by atoms with Gasteiger partial charge in [0.1, 0.15) is 0 Å². The van der Waals surface area contributed by atoms with E-state index >= 15 is 0 Å². The number of carbonyl (C=O) groups is 1. The Labute approximate surface area is 77.0 Å². The minimum Gasteiger partial charge on any atom is -0.277 e. The fourth-order valence-electron chi connectivity index (χ4n) is 0.116. The number of hydrogen-bond acceptors (Lipinski definition) is 3. The fourth-order valence-corrected chi connectivity index (χ4v) is 0.255. The summed E-state index contributed by atoms with van der Waals surface area (Å²) in [6.07, 6.45) is 0. The number of rotatable bonds is 3. The van der Waals surface area contributed by atoms with E-state index < -0.39 is 9.95 Å². The number of hydrogen-bond donors (Lipinski definition) is 0. The van der Waals surface area contributed by atoms with Gasteiger partial charge in [0, 0.05) is 11.6 Å². The molecule has 0 spiro atoms. The molecule has 0 fully saturated rings. The lowest BCUT2D eigenvalue weighted by Gasteiger charge is -2.12. The molecule has 0 amide bonds. The van der Waals surface area contributed by atoms with Crippen molar-refractivity contribution in [2.75, 3.05) is 5.88 Å². The van der Waals surface area contributed by atoms with Gasteiger partial charge in [-0.05, 0) is 0 Å². The summed E-state index contributed by atoms with van der Waals surface area (Å²) in [5, 5.41) is 0. The van der Waals surface area contributed by atoms with Gasteiger partial charge < -0.3 is 0 Å². The Kier molecular flexibility index (Phi) is 4.73. The first kappa shape index (κ1) is 10.6. The second-order valence-corrected chi connectivity index (χ2v) is 3.17. The Morgan fingerprint density at radius 1 is 1.50 bits per heavy atom. The zero-order chi connectivity index (χ0) is 8.20. The van der Waals surface area contributed by atoms with Gasteiger partial charge in [0.2, 0.25) is 0 Å². The molecular weight excluding hydrogens is 226 g/mol. The van der Waals surface area contributed by atoms with Crippen LogP contribution in [0.5, 0.6) is 0 Å². The molecule has 0 radical (unpaired) electrons. The van der Waals surface area contributed by atoms with Gasteiger partial charge in [-0.15, -0.1) is 16.5 Å². The monoisotopic (exact) mass is 226 g/mol. The normalized spacial score (nSPS) is 11.2. The van der Waals surface area contributed by atoms with E-state index in [0.29, 0.717) is 0 Å². The smallest absolute Gasteiger partial charge is 0.277 e. The number of halogens is 4. The van der Waals surface area contributed by atoms with E-state index in [1.165, 1.54) is 0 Å². The second-order valence-electron chi connectivity index (χ2n) is 1.18. The van der Waals surface area contributed by atoms with Crippen LogP contribution in [-0.2, 0) is 9.78 Å². The lowest BCUT2D eigenvalue weighted by Crippen LogP contribution is -2.20. The predicted octanol–water partition coefficient (Wildman–Crippen LogP) is 2.66. The lowest BCUT2D eigenvalue weighted by atomic mass is 10.8. The average molecular weight is 228 g/mol. The molecule has 0 bridgehead atoms. The molecule has 0 N–H and O–H groups in total. The van der Waals surface area contributed by atoms with E-state index in [-0.39, 0.29) is 5.88 Å². The van der Waals surface area contributed by atoms with Gasteiger partial charge >= 0.3 is 5.43 Å². The van der Waals surface area contributed by atoms with Crippen LogP contribution >= 0.6 is 46.4 Å². The van der Waals surface area contributed by atoms with Gasteiger partial charge in [-0.3, -0.25) is 4.89 Å². The highest BCUT2D eigenvalue weighted by Gasteiger charge is 2.26. The Hall–Kier alpha value is 0.590. The zero-order valence-corrected chi connectivity index (χ0v) is 7.47. The van der Waals surface area contributed by atoms with Gasteiger partial charge in [-0.25, -0.2) is 4.79 Å². The summed E-state index contributed by atoms with van der Waals surface area (Å²) >= 11 is 20.3. The Morgan fingerprint density at radius 2 is 2.00 bits per heavy atom. The van der Waals surface area contributed by atoms with E-state index in [1.54, 1.807) is 0 Å². The molecule has 60 valence electrons. The molecule has 0 unspecified atom stereocenters. The lowest BCUT2D eigenvalue weighted by molar-refractivity contribution is -0.252. The Bertz CT molecular complexity index is 125. The van der Waals surface area contributed by atoms with Crippen molar-refractivity contribution in [3.63, 3.8) is 0 Å². The summed E-state index contributed by atoms with van der Waals surface area (Å²) in [6.45, 7) is 0. The standard InChI is InChI=1S/C3H2Cl4O3/c4-1-3(6,7)10-9-2(5)8/h1H2. The second kappa shape index (κ2) is 4.46. The molecule has 7 heteroatoms. The zero-order valence-electron chi connectivity index (χ0n) is 4.44. The summed E-state index contributed by atoms with van der Waals surface area (Å²) in [6, 6.07) is 0. The van der Waals surface area contributed by atoms with Crippen LogP contribution in [0.2, 0.25) is 0 Å². The third-order valence-electron chi connectivity index (χ3n) is 0.385. The van der Waals surface area contributed by atoms with Crippen LogP contribution in [0.1, 0.15) is 0 Å². The molecule has 0 aliphatic rings. The minimum absolute atomic E-state index is 0.250. The first-order valence-corrected chi connectivity index (χ1v) is 3.64. The Morgan fingerprint density at radius 3 is 2.30 bits per heavy atom. The molecule has 10 heavy (non-hydrogen) atoms. The summed E-state index contributed by atoms with van der Waals surface area (Å²) in [5.74, 6) is -0.250. The van der Waals surface area contributed by atoms with Crippen LogP contribution in [0.15, 0.2) is 0 Å². The number of alkyl halides is 3. The van der Waals surface area contributed by atoms with Gasteiger partial charge in [0.15, 0.2) is 0 Å². The molecular formula is C3H2Cl4O3. The van der Waals surface area contributed by atoms with E-state index in [1.807, 2.05) is 0 Å². The van der Waals surface area contributed by atoms with Gasteiger partial charge in [-0.1, -0.05) is 23.2 Å². The molecule has 0 rings (SSSR count). The first-order valence-electron chi connectivity index (χ1n) is 1.97. The van der Waals surface area contributed by atoms with Crippen LogP contribution < -0.4 is 0 Å². The summed E-state index contributed by atoms with van der Waals surface area (Å²) in [5.41, 5.74) is -1.17. The maximum atomic E-state index is 9.86. The molecule has 0 aliphatic heterocycles. The third kappa shape index (κ3) is 5.38. The van der Waals surface area contributed by atoms with Crippen LogP contribution in [0.25, 0.3) is 0 Å². The topological polar surface area (TPSA) is 35.5 Å². The van der Waals surface area contributed by atoms with Crippen molar-refractivity contribution < 1.29 is 14.6 Å². The van der Waals surface area contributed by atoms with Crippen molar-refractivity contribution >= 4 is 51.8 Å². The van der Waals surface area contributed by atoms with E-state index in [4.69, 9.17) is 46.4 Å². The van der Waals surface area contributed by atoms with E-state index in [0.717, 1.165) is 0 Å². The van der Waals surface area contributed by atoms with Crippen molar-refractivity contribution in [3.8, 4) is 0 Å². The van der Waals surface area contributed by atoms with Crippen LogP contribution in [0.4, 0.5) is 4.79 Å². The van der Waals surface area contributed by atoms with Gasteiger partial charge in [0.25, 0.3) is 4.52 Å². The maximum Gasteiger partial charge on any atom is 0.435 e. The highest BCUT2D eigenvalue weighted by atomic mass is 35.5. The van der Waals surface area contributed by atoms with Crippen molar-refractivity contribution in [2.45, 2.75) is 4.52 Å². The summed E-state index contributed by atoms with van der Waals surface area (Å²) in [4.78, 5) is 17.7. The molecule has 0 saturated heterocycles. The van der Waals surface area contributed by atoms with Crippen LogP contribution in [0, 0.1) is 0 Å².